The molecule has 0 atom stereocenters. The predicted molar refractivity (Wildman–Crippen MR) is 87.2 cm³/mol. The zero-order valence-electron chi connectivity index (χ0n) is 13.1. The van der Waals surface area contributed by atoms with Crippen molar-refractivity contribution in [1.82, 2.24) is 0 Å². The molecule has 1 aliphatic heterocycles. The summed E-state index contributed by atoms with van der Waals surface area (Å²) in [7, 11) is 0. The third kappa shape index (κ3) is 3.34. The second-order valence-electron chi connectivity index (χ2n) is 5.94. The molecule has 0 radical (unpaired) electrons. The van der Waals surface area contributed by atoms with Crippen molar-refractivity contribution in [3.8, 4) is 0 Å². The van der Waals surface area contributed by atoms with E-state index in [-0.39, 0.29) is 24.0 Å². The lowest BCUT2D eigenvalue weighted by atomic mass is 10.1. The number of hydrogen-bond acceptors (Lipinski definition) is 1. The number of likely N-dealkylation sites (N-methyl/N-ethyl adjacent to an activating group) is 1. The highest BCUT2D eigenvalue weighted by Gasteiger charge is 2.29. The van der Waals surface area contributed by atoms with E-state index in [1.807, 2.05) is 0 Å². The number of rotatable bonds is 3. The van der Waals surface area contributed by atoms with Gasteiger partial charge >= 0.3 is 0 Å². The molecular formula is C18H25IN2. The van der Waals surface area contributed by atoms with E-state index in [4.69, 9.17) is 0 Å². The van der Waals surface area contributed by atoms with E-state index >= 15 is 0 Å². The lowest BCUT2D eigenvalue weighted by Gasteiger charge is -2.44. The van der Waals surface area contributed by atoms with Crippen LogP contribution in [0, 0.1) is 0 Å². The summed E-state index contributed by atoms with van der Waals surface area (Å²) in [5.74, 6) is 0. The van der Waals surface area contributed by atoms with Crippen molar-refractivity contribution in [2.75, 3.05) is 44.2 Å². The van der Waals surface area contributed by atoms with Gasteiger partial charge in [-0.15, -0.1) is 0 Å². The number of quaternary nitrogens is 1. The Morgan fingerprint density at radius 2 is 1.52 bits per heavy atom. The summed E-state index contributed by atoms with van der Waals surface area (Å²) < 4.78 is 1.28. The molecule has 2 aromatic carbocycles. The van der Waals surface area contributed by atoms with E-state index in [1.54, 1.807) is 0 Å². The summed E-state index contributed by atoms with van der Waals surface area (Å²) >= 11 is 0. The van der Waals surface area contributed by atoms with Crippen LogP contribution in [-0.4, -0.2) is 43.8 Å². The van der Waals surface area contributed by atoms with Crippen LogP contribution in [0.2, 0.25) is 0 Å². The fourth-order valence-electron chi connectivity index (χ4n) is 3.38. The van der Waals surface area contributed by atoms with E-state index in [0.717, 1.165) is 0 Å². The molecule has 1 heterocycles. The van der Waals surface area contributed by atoms with Gasteiger partial charge in [-0.3, -0.25) is 0 Å². The normalized spacial score (nSPS) is 17.5. The molecule has 0 aromatic heterocycles. The summed E-state index contributed by atoms with van der Waals surface area (Å²) in [5.41, 5.74) is 1.38. The van der Waals surface area contributed by atoms with E-state index in [1.165, 1.54) is 60.2 Å². The highest BCUT2D eigenvalue weighted by Crippen LogP contribution is 2.24. The quantitative estimate of drug-likeness (QED) is 0.540. The molecule has 1 fully saturated rings. The smallest absolute Gasteiger partial charge is 0.0965 e. The van der Waals surface area contributed by atoms with Gasteiger partial charge in [-0.2, -0.15) is 0 Å². The van der Waals surface area contributed by atoms with Crippen LogP contribution >= 0.6 is 0 Å². The maximum atomic E-state index is 2.55. The number of benzene rings is 2. The molecule has 0 spiro atoms. The van der Waals surface area contributed by atoms with Gasteiger partial charge in [-0.25, -0.2) is 0 Å². The Hall–Kier alpha value is -0.810. The Kier molecular flexibility index (Phi) is 5.49. The topological polar surface area (TPSA) is 3.24 Å². The highest BCUT2D eigenvalue weighted by atomic mass is 127. The monoisotopic (exact) mass is 396 g/mol. The van der Waals surface area contributed by atoms with Crippen LogP contribution in [0.3, 0.4) is 0 Å². The lowest BCUT2D eigenvalue weighted by molar-refractivity contribution is -0.925. The Morgan fingerprint density at radius 1 is 0.905 bits per heavy atom. The van der Waals surface area contributed by atoms with Gasteiger partial charge in [0, 0.05) is 5.69 Å². The van der Waals surface area contributed by atoms with Crippen LogP contribution in [-0.2, 0) is 0 Å². The average molecular weight is 396 g/mol. The fraction of sp³-hybridized carbons (Fsp3) is 0.444. The van der Waals surface area contributed by atoms with Crippen molar-refractivity contribution in [2.45, 2.75) is 13.8 Å². The molecule has 0 amide bonds. The number of fused-ring (bicyclic) bond motifs is 1. The van der Waals surface area contributed by atoms with Gasteiger partial charge in [-0.1, -0.05) is 30.3 Å². The van der Waals surface area contributed by atoms with Gasteiger partial charge < -0.3 is 33.4 Å². The molecule has 0 aliphatic carbocycles. The van der Waals surface area contributed by atoms with Crippen molar-refractivity contribution in [3.63, 3.8) is 0 Å². The number of halogens is 1. The second-order valence-corrected chi connectivity index (χ2v) is 5.94. The minimum Gasteiger partial charge on any atom is -1.00 e. The van der Waals surface area contributed by atoms with Gasteiger partial charge in [-0.05, 0) is 36.8 Å². The molecule has 114 valence electrons. The molecule has 2 nitrogen and oxygen atoms in total. The summed E-state index contributed by atoms with van der Waals surface area (Å²) in [6.07, 6.45) is 0. The van der Waals surface area contributed by atoms with Crippen LogP contribution in [0.25, 0.3) is 10.8 Å². The van der Waals surface area contributed by atoms with Gasteiger partial charge in [0.25, 0.3) is 0 Å². The van der Waals surface area contributed by atoms with E-state index in [2.05, 4.69) is 61.2 Å². The Bertz CT molecular complexity index is 583. The molecule has 1 saturated heterocycles. The molecular weight excluding hydrogens is 371 g/mol. The second kappa shape index (κ2) is 6.97. The first-order valence-corrected chi connectivity index (χ1v) is 7.85. The molecule has 21 heavy (non-hydrogen) atoms. The van der Waals surface area contributed by atoms with E-state index < -0.39 is 0 Å². The van der Waals surface area contributed by atoms with Gasteiger partial charge in [0.05, 0.1) is 39.3 Å². The first kappa shape index (κ1) is 16.6. The van der Waals surface area contributed by atoms with Crippen molar-refractivity contribution >= 4 is 16.5 Å². The molecule has 0 saturated carbocycles. The van der Waals surface area contributed by atoms with Gasteiger partial charge in [0.1, 0.15) is 0 Å². The molecule has 3 heteroatoms. The minimum absolute atomic E-state index is 0. The molecule has 1 aliphatic rings. The van der Waals surface area contributed by atoms with Crippen molar-refractivity contribution in [3.05, 3.63) is 42.5 Å². The van der Waals surface area contributed by atoms with E-state index in [0.29, 0.717) is 0 Å². The van der Waals surface area contributed by atoms with Gasteiger partial charge in [0.15, 0.2) is 0 Å². The van der Waals surface area contributed by atoms with Crippen molar-refractivity contribution < 1.29 is 28.5 Å². The molecule has 2 aromatic rings. The third-order valence-electron chi connectivity index (χ3n) is 5.13. The summed E-state index contributed by atoms with van der Waals surface area (Å²) in [6.45, 7) is 12.1. The first-order valence-electron chi connectivity index (χ1n) is 7.85. The minimum atomic E-state index is 0. The SMILES string of the molecule is CC[N+]1(CC)CCN(c2ccc3ccccc3c2)CC1.[I-]. The Balaban J connectivity index is 0.00000161. The fourth-order valence-corrected chi connectivity index (χ4v) is 3.38. The Labute approximate surface area is 145 Å². The van der Waals surface area contributed by atoms with E-state index in [9.17, 15) is 0 Å². The molecule has 0 N–H and O–H groups in total. The summed E-state index contributed by atoms with van der Waals surface area (Å²) in [6, 6.07) is 15.5. The number of hydrogen-bond donors (Lipinski definition) is 0. The van der Waals surface area contributed by atoms with Crippen LogP contribution in [0.1, 0.15) is 13.8 Å². The van der Waals surface area contributed by atoms with Crippen molar-refractivity contribution in [2.24, 2.45) is 0 Å². The standard InChI is InChI=1S/C18H25N2.HI/c1-3-20(4-2)13-11-19(12-14-20)18-10-9-16-7-5-6-8-17(16)15-18;/h5-10,15H,3-4,11-14H2,1-2H3;1H/q+1;/p-1. The number of anilines is 1. The zero-order valence-corrected chi connectivity index (χ0v) is 15.2. The van der Waals surface area contributed by atoms with Crippen LogP contribution in [0.4, 0.5) is 5.69 Å². The van der Waals surface area contributed by atoms with Crippen molar-refractivity contribution in [1.29, 1.82) is 0 Å². The summed E-state index contributed by atoms with van der Waals surface area (Å²) in [5, 5.41) is 2.68. The van der Waals surface area contributed by atoms with Crippen LogP contribution < -0.4 is 28.9 Å². The molecule has 0 unspecified atom stereocenters. The average Bonchev–Trinajstić information content (AvgIpc) is 2.54. The molecule has 3 rings (SSSR count). The summed E-state index contributed by atoms with van der Waals surface area (Å²) in [4.78, 5) is 2.55. The maximum Gasteiger partial charge on any atom is 0.0965 e. The first-order chi connectivity index (χ1) is 9.76. The van der Waals surface area contributed by atoms with Gasteiger partial charge in [0.2, 0.25) is 0 Å². The third-order valence-corrected chi connectivity index (χ3v) is 5.13. The lowest BCUT2D eigenvalue weighted by Crippen LogP contribution is -3.00. The van der Waals surface area contributed by atoms with Crippen LogP contribution in [0.15, 0.2) is 42.5 Å². The zero-order chi connectivity index (χ0) is 14.0. The number of nitrogens with zero attached hydrogens (tertiary/aromatic N) is 2. The predicted octanol–water partition coefficient (Wildman–Crippen LogP) is 0.520. The highest BCUT2D eigenvalue weighted by molar-refractivity contribution is 5.85. The number of piperazine rings is 1. The molecule has 0 bridgehead atoms. The largest absolute Gasteiger partial charge is 1.00 e. The van der Waals surface area contributed by atoms with Crippen LogP contribution in [0.5, 0.6) is 0 Å². The maximum absolute atomic E-state index is 2.55. The Morgan fingerprint density at radius 3 is 2.14 bits per heavy atom.